The summed E-state index contributed by atoms with van der Waals surface area (Å²) in [6.07, 6.45) is 1.24. The van der Waals surface area contributed by atoms with Crippen molar-refractivity contribution in [2.24, 2.45) is 4.99 Å². The molecule has 0 aliphatic rings. The first-order valence-electron chi connectivity index (χ1n) is 8.37. The molecule has 0 aliphatic carbocycles. The minimum absolute atomic E-state index is 0.123. The number of aromatic amines is 1. The molecule has 8 nitrogen and oxygen atoms in total. The lowest BCUT2D eigenvalue weighted by atomic mass is 10.1. The summed E-state index contributed by atoms with van der Waals surface area (Å²) in [5, 5.41) is 10.7. The Hall–Kier alpha value is -3.59. The lowest BCUT2D eigenvalue weighted by molar-refractivity contribution is 0.430. The second-order valence-electron chi connectivity index (χ2n) is 6.24. The maximum absolute atomic E-state index is 12.3. The number of fused-ring (bicyclic) bond motifs is 1. The normalized spacial score (nSPS) is 11.5. The number of nitrogens with zero attached hydrogens (tertiary/aromatic N) is 4. The molecule has 28 heavy (non-hydrogen) atoms. The molecular formula is C19H15N5O3S. The van der Waals surface area contributed by atoms with Gasteiger partial charge in [-0.05, 0) is 37.1 Å². The second kappa shape index (κ2) is 6.86. The van der Waals surface area contributed by atoms with Crippen molar-refractivity contribution in [3.8, 4) is 11.6 Å². The highest BCUT2D eigenvalue weighted by atomic mass is 32.1. The SMILES string of the molecule is Cc1ccccc1-n1c(O)c(C=Nc2c(C)ccc3nsnc23)c(=O)[nH]c1=O. The zero-order valence-electron chi connectivity index (χ0n) is 15.0. The van der Waals surface area contributed by atoms with Crippen LogP contribution in [0.2, 0.25) is 0 Å². The van der Waals surface area contributed by atoms with Crippen LogP contribution in [-0.4, -0.2) is 29.6 Å². The van der Waals surface area contributed by atoms with Crippen molar-refractivity contribution in [1.29, 1.82) is 0 Å². The van der Waals surface area contributed by atoms with E-state index in [1.807, 2.05) is 25.1 Å². The number of rotatable bonds is 3. The molecule has 0 radical (unpaired) electrons. The largest absolute Gasteiger partial charge is 0.493 e. The van der Waals surface area contributed by atoms with E-state index in [4.69, 9.17) is 0 Å². The van der Waals surface area contributed by atoms with Crippen LogP contribution in [0.4, 0.5) is 5.69 Å². The van der Waals surface area contributed by atoms with Crippen LogP contribution in [0, 0.1) is 13.8 Å². The molecule has 9 heteroatoms. The van der Waals surface area contributed by atoms with E-state index in [0.717, 1.165) is 27.4 Å². The third-order valence-corrected chi connectivity index (χ3v) is 4.95. The van der Waals surface area contributed by atoms with Gasteiger partial charge in [0.2, 0.25) is 5.88 Å². The molecule has 2 aromatic heterocycles. The Morgan fingerprint density at radius 2 is 1.89 bits per heavy atom. The fraction of sp³-hybridized carbons (Fsp3) is 0.105. The fourth-order valence-corrected chi connectivity index (χ4v) is 3.46. The van der Waals surface area contributed by atoms with Crippen LogP contribution in [0.1, 0.15) is 16.7 Å². The molecule has 140 valence electrons. The van der Waals surface area contributed by atoms with Gasteiger partial charge < -0.3 is 5.11 Å². The summed E-state index contributed by atoms with van der Waals surface area (Å²) in [6, 6.07) is 10.7. The van der Waals surface area contributed by atoms with Gasteiger partial charge in [-0.2, -0.15) is 8.75 Å². The smallest absolute Gasteiger partial charge is 0.335 e. The monoisotopic (exact) mass is 393 g/mol. The quantitative estimate of drug-likeness (QED) is 0.520. The van der Waals surface area contributed by atoms with E-state index in [1.54, 1.807) is 25.1 Å². The van der Waals surface area contributed by atoms with Gasteiger partial charge in [-0.15, -0.1) is 0 Å². The van der Waals surface area contributed by atoms with Crippen LogP contribution in [0.15, 0.2) is 51.0 Å². The summed E-state index contributed by atoms with van der Waals surface area (Å²) in [7, 11) is 0. The summed E-state index contributed by atoms with van der Waals surface area (Å²) in [5.41, 5.74) is 2.38. The van der Waals surface area contributed by atoms with Gasteiger partial charge in [0.25, 0.3) is 5.56 Å². The molecular weight excluding hydrogens is 378 g/mol. The van der Waals surface area contributed by atoms with Crippen molar-refractivity contribution in [1.82, 2.24) is 18.3 Å². The van der Waals surface area contributed by atoms with Crippen molar-refractivity contribution in [3.63, 3.8) is 0 Å². The molecule has 0 spiro atoms. The topological polar surface area (TPSA) is 113 Å². The highest BCUT2D eigenvalue weighted by Crippen LogP contribution is 2.28. The second-order valence-corrected chi connectivity index (χ2v) is 6.77. The number of nitrogens with one attached hydrogen (secondary N) is 1. The molecule has 2 aromatic carbocycles. The number of benzene rings is 2. The molecule has 0 fully saturated rings. The number of hydrogen-bond donors (Lipinski definition) is 2. The molecule has 4 aromatic rings. The third-order valence-electron chi connectivity index (χ3n) is 4.40. The van der Waals surface area contributed by atoms with Gasteiger partial charge in [-0.1, -0.05) is 24.3 Å². The van der Waals surface area contributed by atoms with E-state index >= 15 is 0 Å². The number of aryl methyl sites for hydroxylation is 2. The van der Waals surface area contributed by atoms with E-state index < -0.39 is 17.1 Å². The minimum atomic E-state index is -0.726. The van der Waals surface area contributed by atoms with Gasteiger partial charge in [-0.25, -0.2) is 9.36 Å². The first-order valence-corrected chi connectivity index (χ1v) is 9.10. The lowest BCUT2D eigenvalue weighted by Gasteiger charge is -2.11. The van der Waals surface area contributed by atoms with Gasteiger partial charge in [0.05, 0.1) is 23.1 Å². The fourth-order valence-electron chi connectivity index (χ4n) is 2.92. The molecule has 0 saturated heterocycles. The molecule has 4 rings (SSSR count). The molecule has 0 bridgehead atoms. The zero-order valence-corrected chi connectivity index (χ0v) is 15.8. The summed E-state index contributed by atoms with van der Waals surface area (Å²) in [6.45, 7) is 3.67. The van der Waals surface area contributed by atoms with Crippen molar-refractivity contribution >= 4 is 34.7 Å². The van der Waals surface area contributed by atoms with Gasteiger partial charge >= 0.3 is 5.69 Å². The van der Waals surface area contributed by atoms with E-state index in [2.05, 4.69) is 18.7 Å². The Labute approximate surface area is 162 Å². The predicted octanol–water partition coefficient (Wildman–Crippen LogP) is 2.60. The average molecular weight is 393 g/mol. The van der Waals surface area contributed by atoms with Gasteiger partial charge in [0, 0.05) is 6.21 Å². The summed E-state index contributed by atoms with van der Waals surface area (Å²) in [5.74, 6) is -0.479. The van der Waals surface area contributed by atoms with Crippen LogP contribution in [0.25, 0.3) is 16.7 Å². The Morgan fingerprint density at radius 3 is 2.68 bits per heavy atom. The number of para-hydroxylation sites is 1. The van der Waals surface area contributed by atoms with Crippen LogP contribution < -0.4 is 11.2 Å². The van der Waals surface area contributed by atoms with E-state index in [-0.39, 0.29) is 5.56 Å². The van der Waals surface area contributed by atoms with Crippen LogP contribution >= 0.6 is 11.7 Å². The van der Waals surface area contributed by atoms with Crippen molar-refractivity contribution in [2.45, 2.75) is 13.8 Å². The summed E-state index contributed by atoms with van der Waals surface area (Å²) in [4.78, 5) is 31.2. The van der Waals surface area contributed by atoms with E-state index in [9.17, 15) is 14.7 Å². The molecule has 0 atom stereocenters. The lowest BCUT2D eigenvalue weighted by Crippen LogP contribution is -2.31. The number of hydrogen-bond acceptors (Lipinski definition) is 7. The van der Waals surface area contributed by atoms with Gasteiger partial charge in [0.15, 0.2) is 0 Å². The highest BCUT2D eigenvalue weighted by Gasteiger charge is 2.16. The highest BCUT2D eigenvalue weighted by molar-refractivity contribution is 7.00. The number of H-pyrrole nitrogens is 1. The van der Waals surface area contributed by atoms with Crippen LogP contribution in [0.5, 0.6) is 5.88 Å². The molecule has 0 aliphatic heterocycles. The number of aliphatic imine (C=N–C) groups is 1. The van der Waals surface area contributed by atoms with Crippen molar-refractivity contribution < 1.29 is 5.11 Å². The summed E-state index contributed by atoms with van der Waals surface area (Å²) < 4.78 is 9.47. The van der Waals surface area contributed by atoms with Gasteiger partial charge in [-0.3, -0.25) is 14.8 Å². The Balaban J connectivity index is 1.91. The Morgan fingerprint density at radius 1 is 1.11 bits per heavy atom. The molecule has 2 heterocycles. The Kier molecular flexibility index (Phi) is 4.36. The molecule has 0 unspecified atom stereocenters. The van der Waals surface area contributed by atoms with Crippen LogP contribution in [-0.2, 0) is 0 Å². The Bertz CT molecular complexity index is 1350. The van der Waals surface area contributed by atoms with Gasteiger partial charge in [0.1, 0.15) is 16.6 Å². The third kappa shape index (κ3) is 2.91. The standard InChI is InChI=1S/C19H15N5O3S/c1-10-5-3-4-6-14(10)24-18(26)12(17(25)21-19(24)27)9-20-15-11(2)7-8-13-16(15)23-28-22-13/h3-9,26H,1-2H3,(H,21,25,27). The first-order chi connectivity index (χ1) is 13.5. The molecule has 2 N–H and O–H groups in total. The maximum Gasteiger partial charge on any atom is 0.335 e. The van der Waals surface area contributed by atoms with E-state index in [1.165, 1.54) is 6.21 Å². The molecule has 0 saturated carbocycles. The van der Waals surface area contributed by atoms with Crippen LogP contribution in [0.3, 0.4) is 0 Å². The molecule has 0 amide bonds. The van der Waals surface area contributed by atoms with Crippen molar-refractivity contribution in [2.75, 3.05) is 0 Å². The van der Waals surface area contributed by atoms with E-state index in [0.29, 0.717) is 22.4 Å². The predicted molar refractivity (Wildman–Crippen MR) is 108 cm³/mol. The summed E-state index contributed by atoms with van der Waals surface area (Å²) >= 11 is 1.07. The minimum Gasteiger partial charge on any atom is -0.493 e. The number of aromatic nitrogens is 4. The average Bonchev–Trinajstić information content (AvgIpc) is 3.13. The maximum atomic E-state index is 12.3. The first kappa shape index (κ1) is 17.8. The zero-order chi connectivity index (χ0) is 19.8. The van der Waals surface area contributed by atoms with Crippen molar-refractivity contribution in [3.05, 3.63) is 73.9 Å². The number of aromatic hydroxyl groups is 1.